The van der Waals surface area contributed by atoms with Gasteiger partial charge in [-0.15, -0.1) is 0 Å². The van der Waals surface area contributed by atoms with Gasteiger partial charge >= 0.3 is 0 Å². The molecule has 3 nitrogen and oxygen atoms in total. The van der Waals surface area contributed by atoms with Gasteiger partial charge in [-0.2, -0.15) is 0 Å². The summed E-state index contributed by atoms with van der Waals surface area (Å²) < 4.78 is 10.9. The maximum Gasteiger partial charge on any atom is 0.105 e. The Morgan fingerprint density at radius 3 is 2.44 bits per heavy atom. The molecule has 1 saturated heterocycles. The van der Waals surface area contributed by atoms with Crippen LogP contribution in [0.1, 0.15) is 31.9 Å². The monoisotopic (exact) mass is 249 g/mol. The molecule has 0 aliphatic carbocycles. The van der Waals surface area contributed by atoms with E-state index in [-0.39, 0.29) is 11.6 Å². The van der Waals surface area contributed by atoms with E-state index in [2.05, 4.69) is 50.4 Å². The van der Waals surface area contributed by atoms with Crippen molar-refractivity contribution in [2.45, 2.75) is 45.6 Å². The van der Waals surface area contributed by atoms with Gasteiger partial charge in [-0.3, -0.25) is 0 Å². The summed E-state index contributed by atoms with van der Waals surface area (Å²) in [5.74, 6) is 0. The van der Waals surface area contributed by atoms with Gasteiger partial charge in [0, 0.05) is 12.1 Å². The Kier molecular flexibility index (Phi) is 4.38. The fraction of sp³-hybridized carbons (Fsp3) is 0.600. The molecule has 0 atom stereocenters. The maximum absolute atomic E-state index is 5.78. The van der Waals surface area contributed by atoms with Crippen LogP contribution in [0.25, 0.3) is 0 Å². The van der Waals surface area contributed by atoms with Gasteiger partial charge in [0.15, 0.2) is 0 Å². The Hall–Kier alpha value is -0.900. The third-order valence-electron chi connectivity index (χ3n) is 3.01. The zero-order valence-corrected chi connectivity index (χ0v) is 11.5. The molecule has 18 heavy (non-hydrogen) atoms. The Bertz CT molecular complexity index is 380. The van der Waals surface area contributed by atoms with Gasteiger partial charge in [0.1, 0.15) is 6.10 Å². The van der Waals surface area contributed by atoms with Crippen molar-refractivity contribution >= 4 is 0 Å². The quantitative estimate of drug-likeness (QED) is 0.869. The lowest BCUT2D eigenvalue weighted by Crippen LogP contribution is -2.36. The molecule has 1 aromatic rings. The van der Waals surface area contributed by atoms with E-state index in [0.717, 1.165) is 19.8 Å². The molecule has 0 radical (unpaired) electrons. The molecule has 1 aromatic carbocycles. The molecule has 0 spiro atoms. The standard InChI is InChI=1S/C15H23NO2/c1-15(2,3)16-8-12-6-4-5-7-13(12)9-18-14-10-17-11-14/h4-7,14,16H,8-11H2,1-3H3. The van der Waals surface area contributed by atoms with Crippen LogP contribution in [0.5, 0.6) is 0 Å². The maximum atomic E-state index is 5.78. The highest BCUT2D eigenvalue weighted by atomic mass is 16.6. The normalized spacial score (nSPS) is 16.6. The van der Waals surface area contributed by atoms with Crippen LogP contribution in [-0.4, -0.2) is 24.9 Å². The Morgan fingerprint density at radius 1 is 1.22 bits per heavy atom. The first kappa shape index (κ1) is 13.5. The third kappa shape index (κ3) is 4.09. The van der Waals surface area contributed by atoms with E-state index >= 15 is 0 Å². The van der Waals surface area contributed by atoms with Gasteiger partial charge in [-0.25, -0.2) is 0 Å². The first-order valence-electron chi connectivity index (χ1n) is 6.56. The van der Waals surface area contributed by atoms with Crippen molar-refractivity contribution in [3.8, 4) is 0 Å². The lowest BCUT2D eigenvalue weighted by atomic mass is 10.1. The SMILES string of the molecule is CC(C)(C)NCc1ccccc1COC1COC1. The summed E-state index contributed by atoms with van der Waals surface area (Å²) in [6, 6.07) is 8.44. The van der Waals surface area contributed by atoms with Crippen LogP contribution in [0.3, 0.4) is 0 Å². The fourth-order valence-corrected chi connectivity index (χ4v) is 1.75. The molecule has 1 aliphatic rings. The van der Waals surface area contributed by atoms with Crippen molar-refractivity contribution < 1.29 is 9.47 Å². The highest BCUT2D eigenvalue weighted by molar-refractivity contribution is 5.26. The van der Waals surface area contributed by atoms with E-state index in [1.807, 2.05) is 0 Å². The molecule has 0 bridgehead atoms. The van der Waals surface area contributed by atoms with Gasteiger partial charge in [0.05, 0.1) is 19.8 Å². The zero-order chi connectivity index (χ0) is 13.0. The summed E-state index contributed by atoms with van der Waals surface area (Å²) in [4.78, 5) is 0. The summed E-state index contributed by atoms with van der Waals surface area (Å²) in [7, 11) is 0. The van der Waals surface area contributed by atoms with Crippen molar-refractivity contribution in [1.29, 1.82) is 0 Å². The third-order valence-corrected chi connectivity index (χ3v) is 3.01. The summed E-state index contributed by atoms with van der Waals surface area (Å²) in [5, 5.41) is 3.51. The van der Waals surface area contributed by atoms with Gasteiger partial charge in [0.25, 0.3) is 0 Å². The van der Waals surface area contributed by atoms with Crippen molar-refractivity contribution in [2.75, 3.05) is 13.2 Å². The second-order valence-corrected chi connectivity index (χ2v) is 5.84. The Labute approximate surface area is 109 Å². The van der Waals surface area contributed by atoms with E-state index < -0.39 is 0 Å². The van der Waals surface area contributed by atoms with Crippen LogP contribution < -0.4 is 5.32 Å². The number of hydrogen-bond acceptors (Lipinski definition) is 3. The number of ether oxygens (including phenoxy) is 2. The zero-order valence-electron chi connectivity index (χ0n) is 11.5. The Balaban J connectivity index is 1.91. The van der Waals surface area contributed by atoms with Crippen molar-refractivity contribution in [2.24, 2.45) is 0 Å². The minimum atomic E-state index is 0.135. The molecule has 1 N–H and O–H groups in total. The molecule has 0 saturated carbocycles. The molecule has 1 aliphatic heterocycles. The van der Waals surface area contributed by atoms with Crippen LogP contribution in [0.2, 0.25) is 0 Å². The van der Waals surface area contributed by atoms with Crippen LogP contribution in [-0.2, 0) is 22.6 Å². The molecule has 100 valence electrons. The van der Waals surface area contributed by atoms with Gasteiger partial charge in [-0.05, 0) is 31.9 Å². The van der Waals surface area contributed by atoms with Crippen molar-refractivity contribution in [3.63, 3.8) is 0 Å². The molecule has 1 heterocycles. The topological polar surface area (TPSA) is 30.5 Å². The van der Waals surface area contributed by atoms with Crippen LogP contribution in [0.15, 0.2) is 24.3 Å². The first-order chi connectivity index (χ1) is 8.54. The van der Waals surface area contributed by atoms with Gasteiger partial charge in [-0.1, -0.05) is 24.3 Å². The summed E-state index contributed by atoms with van der Waals surface area (Å²) >= 11 is 0. The molecular formula is C15H23NO2. The molecule has 0 aromatic heterocycles. The van der Waals surface area contributed by atoms with Crippen LogP contribution in [0, 0.1) is 0 Å². The minimum absolute atomic E-state index is 0.135. The first-order valence-corrected chi connectivity index (χ1v) is 6.56. The number of rotatable bonds is 5. The van der Waals surface area contributed by atoms with E-state index in [1.54, 1.807) is 0 Å². The number of nitrogens with one attached hydrogen (secondary N) is 1. The van der Waals surface area contributed by atoms with Crippen LogP contribution in [0.4, 0.5) is 0 Å². The van der Waals surface area contributed by atoms with Gasteiger partial charge < -0.3 is 14.8 Å². The molecule has 0 amide bonds. The average Bonchev–Trinajstić information content (AvgIpc) is 2.24. The van der Waals surface area contributed by atoms with Crippen molar-refractivity contribution in [1.82, 2.24) is 5.32 Å². The molecule has 2 rings (SSSR count). The van der Waals surface area contributed by atoms with E-state index in [1.165, 1.54) is 11.1 Å². The molecule has 0 unspecified atom stereocenters. The Morgan fingerprint density at radius 2 is 1.89 bits per heavy atom. The van der Waals surface area contributed by atoms with Gasteiger partial charge in [0.2, 0.25) is 0 Å². The van der Waals surface area contributed by atoms with E-state index in [4.69, 9.17) is 9.47 Å². The second kappa shape index (κ2) is 5.83. The molecular weight excluding hydrogens is 226 g/mol. The highest BCUT2D eigenvalue weighted by Gasteiger charge is 2.19. The molecule has 3 heteroatoms. The summed E-state index contributed by atoms with van der Waals surface area (Å²) in [6.45, 7) is 9.57. The summed E-state index contributed by atoms with van der Waals surface area (Å²) in [6.07, 6.45) is 0.286. The average molecular weight is 249 g/mol. The van der Waals surface area contributed by atoms with E-state index in [0.29, 0.717) is 6.61 Å². The van der Waals surface area contributed by atoms with Crippen LogP contribution >= 0.6 is 0 Å². The lowest BCUT2D eigenvalue weighted by molar-refractivity contribution is -0.135. The number of benzene rings is 1. The number of hydrogen-bond donors (Lipinski definition) is 1. The fourth-order valence-electron chi connectivity index (χ4n) is 1.75. The van der Waals surface area contributed by atoms with E-state index in [9.17, 15) is 0 Å². The second-order valence-electron chi connectivity index (χ2n) is 5.84. The smallest absolute Gasteiger partial charge is 0.105 e. The minimum Gasteiger partial charge on any atom is -0.376 e. The lowest BCUT2D eigenvalue weighted by Gasteiger charge is -2.27. The highest BCUT2D eigenvalue weighted by Crippen LogP contribution is 2.15. The predicted molar refractivity (Wildman–Crippen MR) is 72.4 cm³/mol. The molecule has 1 fully saturated rings. The predicted octanol–water partition coefficient (Wildman–Crippen LogP) is 2.49. The summed E-state index contributed by atoms with van der Waals surface area (Å²) in [5.41, 5.74) is 2.71. The largest absolute Gasteiger partial charge is 0.376 e. The van der Waals surface area contributed by atoms with Crippen molar-refractivity contribution in [3.05, 3.63) is 35.4 Å².